The molecule has 0 bridgehead atoms. The third-order valence-corrected chi connectivity index (χ3v) is 5.04. The van der Waals surface area contributed by atoms with Gasteiger partial charge in [0.15, 0.2) is 0 Å². The summed E-state index contributed by atoms with van der Waals surface area (Å²) in [7, 11) is 0. The smallest absolute Gasteiger partial charge is 0.340 e. The summed E-state index contributed by atoms with van der Waals surface area (Å²) in [4.78, 5) is 39.9. The average Bonchev–Trinajstić information content (AvgIpc) is 3.48. The highest BCUT2D eigenvalue weighted by Gasteiger charge is 2.29. The molecule has 1 atom stereocenters. The van der Waals surface area contributed by atoms with Crippen molar-refractivity contribution in [2.45, 2.75) is 46.6 Å². The van der Waals surface area contributed by atoms with Crippen LogP contribution in [0.15, 0.2) is 24.3 Å². The molecule has 1 heterocycles. The quantitative estimate of drug-likeness (QED) is 0.464. The summed E-state index contributed by atoms with van der Waals surface area (Å²) in [6.45, 7) is 7.29. The topological polar surface area (TPSA) is 100 Å². The summed E-state index contributed by atoms with van der Waals surface area (Å²) in [5, 5.41) is 6.06. The minimum atomic E-state index is -0.506. The second-order valence-electron chi connectivity index (χ2n) is 7.42. The number of aromatic nitrogens is 1. The van der Waals surface area contributed by atoms with Gasteiger partial charge in [-0.25, -0.2) is 4.79 Å². The molecule has 3 rings (SSSR count). The van der Waals surface area contributed by atoms with E-state index in [1.807, 2.05) is 24.3 Å². The molecule has 1 unspecified atom stereocenters. The molecule has 0 spiro atoms. The van der Waals surface area contributed by atoms with E-state index in [1.165, 1.54) is 0 Å². The Hall–Kier alpha value is -3.09. The van der Waals surface area contributed by atoms with E-state index in [0.717, 1.165) is 24.2 Å². The molecule has 1 aliphatic carbocycles. The minimum Gasteiger partial charge on any atom is -0.462 e. The summed E-state index contributed by atoms with van der Waals surface area (Å²) in [6.07, 6.45) is 1.92. The maximum absolute atomic E-state index is 12.9. The lowest BCUT2D eigenvalue weighted by Crippen LogP contribution is -2.27. The number of hydrogen-bond acceptors (Lipinski definition) is 5. The number of anilines is 2. The van der Waals surface area contributed by atoms with Gasteiger partial charge in [-0.1, -0.05) is 0 Å². The van der Waals surface area contributed by atoms with Gasteiger partial charge in [0.1, 0.15) is 0 Å². The average molecular weight is 397 g/mol. The standard InChI is InChI=1S/C22H27N3O4/c1-5-29-22(28)18-12(2)19(24-13(18)3)20(26)14(4)23-16-8-10-17(11-9-16)25-21(27)15-6-7-15/h8-11,14-15,23-24H,5-7H2,1-4H3,(H,25,27). The molecular formula is C22H27N3O4. The molecule has 1 fully saturated rings. The molecule has 7 nitrogen and oxygen atoms in total. The number of ether oxygens (including phenoxy) is 1. The predicted octanol–water partition coefficient (Wildman–Crippen LogP) is 3.84. The molecular weight excluding hydrogens is 370 g/mol. The van der Waals surface area contributed by atoms with Crippen LogP contribution >= 0.6 is 0 Å². The number of carbonyl (C=O) groups excluding carboxylic acids is 3. The molecule has 1 aromatic carbocycles. The zero-order chi connectivity index (χ0) is 21.1. The number of aromatic amines is 1. The van der Waals surface area contributed by atoms with E-state index in [1.54, 1.807) is 27.7 Å². The zero-order valence-electron chi connectivity index (χ0n) is 17.2. The summed E-state index contributed by atoms with van der Waals surface area (Å²) >= 11 is 0. The van der Waals surface area contributed by atoms with E-state index in [-0.39, 0.29) is 24.2 Å². The van der Waals surface area contributed by atoms with Crippen LogP contribution < -0.4 is 10.6 Å². The highest BCUT2D eigenvalue weighted by molar-refractivity contribution is 6.04. The number of amides is 1. The predicted molar refractivity (Wildman–Crippen MR) is 111 cm³/mol. The molecule has 0 aliphatic heterocycles. The number of rotatable bonds is 8. The number of esters is 1. The number of ketones is 1. The Labute approximate surface area is 170 Å². The number of benzene rings is 1. The summed E-state index contributed by atoms with van der Waals surface area (Å²) in [6, 6.07) is 6.76. The van der Waals surface area contributed by atoms with Crippen molar-refractivity contribution in [3.8, 4) is 0 Å². The summed E-state index contributed by atoms with van der Waals surface area (Å²) < 4.78 is 5.08. The van der Waals surface area contributed by atoms with E-state index in [4.69, 9.17) is 4.74 Å². The van der Waals surface area contributed by atoms with Crippen molar-refractivity contribution in [2.75, 3.05) is 17.2 Å². The molecule has 29 heavy (non-hydrogen) atoms. The van der Waals surface area contributed by atoms with Crippen LogP contribution in [0.5, 0.6) is 0 Å². The van der Waals surface area contributed by atoms with Gasteiger partial charge in [0, 0.05) is 23.0 Å². The van der Waals surface area contributed by atoms with Crippen molar-refractivity contribution < 1.29 is 19.1 Å². The third-order valence-electron chi connectivity index (χ3n) is 5.04. The van der Waals surface area contributed by atoms with Gasteiger partial charge in [0.2, 0.25) is 11.7 Å². The first-order valence-electron chi connectivity index (χ1n) is 9.89. The van der Waals surface area contributed by atoms with Crippen LogP contribution in [-0.4, -0.2) is 35.3 Å². The van der Waals surface area contributed by atoms with E-state index >= 15 is 0 Å². The van der Waals surface area contributed by atoms with E-state index in [0.29, 0.717) is 22.5 Å². The number of nitrogens with one attached hydrogen (secondary N) is 3. The first-order chi connectivity index (χ1) is 13.8. The van der Waals surface area contributed by atoms with Gasteiger partial charge in [-0.2, -0.15) is 0 Å². The van der Waals surface area contributed by atoms with Gasteiger partial charge >= 0.3 is 5.97 Å². The Morgan fingerprint density at radius 2 is 1.76 bits per heavy atom. The van der Waals surface area contributed by atoms with Crippen molar-refractivity contribution >= 4 is 29.0 Å². The van der Waals surface area contributed by atoms with E-state index in [9.17, 15) is 14.4 Å². The second kappa shape index (κ2) is 8.51. The van der Waals surface area contributed by atoms with Crippen molar-refractivity contribution in [1.29, 1.82) is 0 Å². The summed E-state index contributed by atoms with van der Waals surface area (Å²) in [5.74, 6) is -0.365. The fraction of sp³-hybridized carbons (Fsp3) is 0.409. The third kappa shape index (κ3) is 4.67. The lowest BCUT2D eigenvalue weighted by molar-refractivity contribution is -0.117. The maximum Gasteiger partial charge on any atom is 0.340 e. The Balaban J connectivity index is 1.66. The van der Waals surface area contributed by atoms with Gasteiger partial charge in [-0.15, -0.1) is 0 Å². The minimum absolute atomic E-state index is 0.0595. The molecule has 154 valence electrons. The number of carbonyl (C=O) groups is 3. The zero-order valence-corrected chi connectivity index (χ0v) is 17.2. The lowest BCUT2D eigenvalue weighted by atomic mass is 10.0. The molecule has 1 amide bonds. The number of Topliss-reactive ketones (excluding diaryl/α,β-unsaturated/α-hetero) is 1. The molecule has 1 aliphatic rings. The van der Waals surface area contributed by atoms with Crippen LogP contribution in [-0.2, 0) is 9.53 Å². The Bertz CT molecular complexity index is 926. The van der Waals surface area contributed by atoms with E-state index < -0.39 is 12.0 Å². The molecule has 0 radical (unpaired) electrons. The first kappa shape index (κ1) is 20.6. The fourth-order valence-electron chi connectivity index (χ4n) is 3.28. The lowest BCUT2D eigenvalue weighted by Gasteiger charge is -2.15. The van der Waals surface area contributed by atoms with Crippen molar-refractivity contribution in [1.82, 2.24) is 4.98 Å². The molecule has 0 saturated heterocycles. The van der Waals surface area contributed by atoms with Gasteiger partial charge in [-0.05, 0) is 70.4 Å². The van der Waals surface area contributed by atoms with Gasteiger partial charge in [0.05, 0.1) is 23.9 Å². The normalized spacial score (nSPS) is 14.2. The first-order valence-corrected chi connectivity index (χ1v) is 9.89. The Morgan fingerprint density at radius 1 is 1.14 bits per heavy atom. The van der Waals surface area contributed by atoms with Gasteiger partial charge in [0.25, 0.3) is 0 Å². The largest absolute Gasteiger partial charge is 0.462 e. The molecule has 3 N–H and O–H groups in total. The van der Waals surface area contributed by atoms with Crippen LogP contribution in [0.25, 0.3) is 0 Å². The second-order valence-corrected chi connectivity index (χ2v) is 7.42. The summed E-state index contributed by atoms with van der Waals surface area (Å²) in [5.41, 5.74) is 3.53. The Kier molecular flexibility index (Phi) is 6.06. The molecule has 1 saturated carbocycles. The SMILES string of the molecule is CCOC(=O)c1c(C)[nH]c(C(=O)C(C)Nc2ccc(NC(=O)C3CC3)cc2)c1C. The van der Waals surface area contributed by atoms with Crippen LogP contribution in [0.4, 0.5) is 11.4 Å². The fourth-order valence-corrected chi connectivity index (χ4v) is 3.28. The van der Waals surface area contributed by atoms with Crippen LogP contribution in [0.3, 0.4) is 0 Å². The van der Waals surface area contributed by atoms with Crippen molar-refractivity contribution in [2.24, 2.45) is 5.92 Å². The van der Waals surface area contributed by atoms with Crippen LogP contribution in [0.1, 0.15) is 58.8 Å². The van der Waals surface area contributed by atoms with Crippen LogP contribution in [0, 0.1) is 19.8 Å². The van der Waals surface area contributed by atoms with Gasteiger partial charge < -0.3 is 20.4 Å². The molecule has 2 aromatic rings. The molecule has 7 heteroatoms. The monoisotopic (exact) mass is 397 g/mol. The van der Waals surface area contributed by atoms with Crippen molar-refractivity contribution in [3.05, 3.63) is 46.8 Å². The maximum atomic E-state index is 12.9. The Morgan fingerprint density at radius 3 is 2.34 bits per heavy atom. The highest BCUT2D eigenvalue weighted by Crippen LogP contribution is 2.30. The number of hydrogen-bond donors (Lipinski definition) is 3. The number of H-pyrrole nitrogens is 1. The van der Waals surface area contributed by atoms with Crippen molar-refractivity contribution in [3.63, 3.8) is 0 Å². The molecule has 1 aromatic heterocycles. The highest BCUT2D eigenvalue weighted by atomic mass is 16.5. The van der Waals surface area contributed by atoms with E-state index in [2.05, 4.69) is 15.6 Å². The van der Waals surface area contributed by atoms with Crippen LogP contribution in [0.2, 0.25) is 0 Å². The van der Waals surface area contributed by atoms with Gasteiger partial charge in [-0.3, -0.25) is 9.59 Å². The number of aryl methyl sites for hydroxylation is 1.